The van der Waals surface area contributed by atoms with E-state index >= 15 is 0 Å². The molecule has 0 heterocycles. The van der Waals surface area contributed by atoms with Gasteiger partial charge in [-0.15, -0.1) is 0 Å². The summed E-state index contributed by atoms with van der Waals surface area (Å²) in [6.45, 7) is 7.88. The first kappa shape index (κ1) is 64.4. The highest BCUT2D eigenvalue weighted by Gasteiger charge is 2.17. The zero-order valence-corrected chi connectivity index (χ0v) is 45.0. The molecule has 66 heavy (non-hydrogen) atoms. The predicted octanol–water partition coefficient (Wildman–Crippen LogP) is 20.4. The van der Waals surface area contributed by atoms with Crippen LogP contribution in [0, 0.1) is 0 Å². The SMILES string of the molecule is CCCCCCCC/C=C\CCCCCCCCCCCC(=O)OC[C@@H](COCCCCCCCCCCCCCCCCCC)OC(=O)CCCCCCC/C=C\CCCCCCCC. The van der Waals surface area contributed by atoms with Crippen molar-refractivity contribution in [2.45, 2.75) is 335 Å². The molecule has 0 spiro atoms. The van der Waals surface area contributed by atoms with E-state index in [1.54, 1.807) is 0 Å². The van der Waals surface area contributed by atoms with E-state index in [1.165, 1.54) is 250 Å². The third kappa shape index (κ3) is 55.0. The molecule has 0 bridgehead atoms. The van der Waals surface area contributed by atoms with Crippen molar-refractivity contribution in [1.29, 1.82) is 0 Å². The van der Waals surface area contributed by atoms with Crippen LogP contribution in [-0.4, -0.2) is 37.9 Å². The number of carbonyl (C=O) groups is 2. The number of allylic oxidation sites excluding steroid dienone is 4. The Morgan fingerprint density at radius 2 is 0.591 bits per heavy atom. The van der Waals surface area contributed by atoms with Crippen molar-refractivity contribution in [3.05, 3.63) is 24.3 Å². The molecule has 5 nitrogen and oxygen atoms in total. The summed E-state index contributed by atoms with van der Waals surface area (Å²) in [5.41, 5.74) is 0. The lowest BCUT2D eigenvalue weighted by Gasteiger charge is -2.18. The number of rotatable bonds is 56. The molecule has 0 unspecified atom stereocenters. The van der Waals surface area contributed by atoms with E-state index in [0.29, 0.717) is 26.1 Å². The second-order valence-electron chi connectivity index (χ2n) is 20.3. The zero-order valence-electron chi connectivity index (χ0n) is 45.0. The maximum atomic E-state index is 12.9. The fourth-order valence-electron chi connectivity index (χ4n) is 8.97. The summed E-state index contributed by atoms with van der Waals surface area (Å²) >= 11 is 0. The van der Waals surface area contributed by atoms with Gasteiger partial charge in [-0.2, -0.15) is 0 Å². The number of hydrogen-bond acceptors (Lipinski definition) is 5. The van der Waals surface area contributed by atoms with Crippen LogP contribution < -0.4 is 0 Å². The molecule has 0 aliphatic rings. The lowest BCUT2D eigenvalue weighted by atomic mass is 10.0. The zero-order chi connectivity index (χ0) is 47.7. The maximum Gasteiger partial charge on any atom is 0.306 e. The van der Waals surface area contributed by atoms with Crippen LogP contribution >= 0.6 is 0 Å². The minimum Gasteiger partial charge on any atom is -0.462 e. The number of ether oxygens (including phenoxy) is 3. The van der Waals surface area contributed by atoms with Crippen LogP contribution in [0.25, 0.3) is 0 Å². The molecule has 0 aromatic carbocycles. The summed E-state index contributed by atoms with van der Waals surface area (Å²) in [4.78, 5) is 25.5. The van der Waals surface area contributed by atoms with Gasteiger partial charge in [-0.25, -0.2) is 0 Å². The van der Waals surface area contributed by atoms with Gasteiger partial charge in [-0.1, -0.05) is 270 Å². The molecule has 0 aliphatic carbocycles. The molecule has 0 saturated carbocycles. The summed E-state index contributed by atoms with van der Waals surface area (Å²) in [7, 11) is 0. The minimum absolute atomic E-state index is 0.0881. The lowest BCUT2D eigenvalue weighted by molar-refractivity contribution is -0.163. The van der Waals surface area contributed by atoms with Crippen LogP contribution in [0.2, 0.25) is 0 Å². The highest BCUT2D eigenvalue weighted by molar-refractivity contribution is 5.70. The van der Waals surface area contributed by atoms with Gasteiger partial charge in [0, 0.05) is 19.4 Å². The highest BCUT2D eigenvalue weighted by atomic mass is 16.6. The largest absolute Gasteiger partial charge is 0.462 e. The molecule has 0 aromatic rings. The van der Waals surface area contributed by atoms with Crippen LogP contribution in [0.5, 0.6) is 0 Å². The normalized spacial score (nSPS) is 12.2. The van der Waals surface area contributed by atoms with Crippen LogP contribution in [0.3, 0.4) is 0 Å². The third-order valence-corrected chi connectivity index (χ3v) is 13.5. The van der Waals surface area contributed by atoms with Crippen molar-refractivity contribution in [1.82, 2.24) is 0 Å². The van der Waals surface area contributed by atoms with Crippen molar-refractivity contribution >= 4 is 11.9 Å². The van der Waals surface area contributed by atoms with Gasteiger partial charge in [0.25, 0.3) is 0 Å². The summed E-state index contributed by atoms with van der Waals surface area (Å²) in [6.07, 6.45) is 69.1. The Morgan fingerprint density at radius 3 is 0.924 bits per heavy atom. The fraction of sp³-hybridized carbons (Fsp3) is 0.902. The molecular formula is C61H116O5. The molecule has 0 aromatic heterocycles. The molecule has 0 amide bonds. The van der Waals surface area contributed by atoms with Gasteiger partial charge in [-0.05, 0) is 70.6 Å². The molecule has 5 heteroatoms. The molecule has 0 fully saturated rings. The van der Waals surface area contributed by atoms with Gasteiger partial charge in [0.15, 0.2) is 6.10 Å². The minimum atomic E-state index is -0.535. The molecule has 1 atom stereocenters. The maximum absolute atomic E-state index is 12.9. The Morgan fingerprint density at radius 1 is 0.318 bits per heavy atom. The first-order valence-electron chi connectivity index (χ1n) is 29.9. The van der Waals surface area contributed by atoms with Gasteiger partial charge < -0.3 is 14.2 Å². The topological polar surface area (TPSA) is 61.8 Å². The fourth-order valence-corrected chi connectivity index (χ4v) is 8.97. The molecule has 0 N–H and O–H groups in total. The number of esters is 2. The number of unbranched alkanes of at least 4 members (excludes halogenated alkanes) is 41. The average molecular weight is 930 g/mol. The van der Waals surface area contributed by atoms with E-state index in [2.05, 4.69) is 45.1 Å². The lowest BCUT2D eigenvalue weighted by Crippen LogP contribution is -2.30. The van der Waals surface area contributed by atoms with Gasteiger partial charge >= 0.3 is 11.9 Å². The van der Waals surface area contributed by atoms with Gasteiger partial charge in [0.1, 0.15) is 6.61 Å². The van der Waals surface area contributed by atoms with Gasteiger partial charge in [0.05, 0.1) is 6.61 Å². The van der Waals surface area contributed by atoms with Crippen molar-refractivity contribution in [3.8, 4) is 0 Å². The summed E-state index contributed by atoms with van der Waals surface area (Å²) in [5, 5.41) is 0. The van der Waals surface area contributed by atoms with Crippen molar-refractivity contribution in [2.24, 2.45) is 0 Å². The standard InChI is InChI=1S/C61H116O5/c1-4-7-10-13-16-19-22-25-28-30-31-32-34-36-39-42-45-48-51-54-60(62)65-58-59(57-64-56-53-50-47-44-41-38-35-29-26-23-20-17-14-11-8-5-2)66-61(63)55-52-49-46-43-40-37-33-27-24-21-18-15-12-9-6-3/h25,27-28,33,59H,4-24,26,29-32,34-58H2,1-3H3/b28-25-,33-27-/t59-/m1/s1. The van der Waals surface area contributed by atoms with E-state index < -0.39 is 6.10 Å². The van der Waals surface area contributed by atoms with Crippen LogP contribution in [0.4, 0.5) is 0 Å². The number of carbonyl (C=O) groups excluding carboxylic acids is 2. The van der Waals surface area contributed by atoms with E-state index in [9.17, 15) is 9.59 Å². The van der Waals surface area contributed by atoms with Crippen molar-refractivity contribution in [3.63, 3.8) is 0 Å². The Labute approximate surface area is 413 Å². The van der Waals surface area contributed by atoms with E-state index in [4.69, 9.17) is 14.2 Å². The van der Waals surface area contributed by atoms with Crippen molar-refractivity contribution < 1.29 is 23.8 Å². The van der Waals surface area contributed by atoms with Crippen LogP contribution in [0.1, 0.15) is 329 Å². The Kier molecular flexibility index (Phi) is 56.3. The average Bonchev–Trinajstić information content (AvgIpc) is 3.32. The van der Waals surface area contributed by atoms with E-state index in [-0.39, 0.29) is 18.5 Å². The molecular weight excluding hydrogens is 813 g/mol. The summed E-state index contributed by atoms with van der Waals surface area (Å²) in [5.74, 6) is -0.387. The monoisotopic (exact) mass is 929 g/mol. The first-order valence-corrected chi connectivity index (χ1v) is 29.9. The first-order chi connectivity index (χ1) is 32.6. The Bertz CT molecular complexity index is 1010. The summed E-state index contributed by atoms with van der Waals surface area (Å²) < 4.78 is 17.5. The predicted molar refractivity (Wildman–Crippen MR) is 289 cm³/mol. The second-order valence-corrected chi connectivity index (χ2v) is 20.3. The molecule has 0 rings (SSSR count). The van der Waals surface area contributed by atoms with Crippen LogP contribution in [0.15, 0.2) is 24.3 Å². The van der Waals surface area contributed by atoms with Gasteiger partial charge in [0.2, 0.25) is 0 Å². The van der Waals surface area contributed by atoms with E-state index in [0.717, 1.165) is 44.9 Å². The Hall–Kier alpha value is -1.62. The smallest absolute Gasteiger partial charge is 0.306 e. The van der Waals surface area contributed by atoms with E-state index in [1.807, 2.05) is 0 Å². The summed E-state index contributed by atoms with van der Waals surface area (Å²) in [6, 6.07) is 0. The second kappa shape index (κ2) is 57.7. The van der Waals surface area contributed by atoms with Crippen LogP contribution in [-0.2, 0) is 23.8 Å². The molecule has 0 radical (unpaired) electrons. The molecule has 0 saturated heterocycles. The molecule has 0 aliphatic heterocycles. The highest BCUT2D eigenvalue weighted by Crippen LogP contribution is 2.16. The third-order valence-electron chi connectivity index (χ3n) is 13.5. The Balaban J connectivity index is 4.22. The van der Waals surface area contributed by atoms with Crippen molar-refractivity contribution in [2.75, 3.05) is 19.8 Å². The van der Waals surface area contributed by atoms with Gasteiger partial charge in [-0.3, -0.25) is 9.59 Å². The number of hydrogen-bond donors (Lipinski definition) is 0. The quantitative estimate of drug-likeness (QED) is 0.0345. The molecule has 390 valence electrons.